The van der Waals surface area contributed by atoms with E-state index in [0.717, 1.165) is 29.8 Å². The van der Waals surface area contributed by atoms with Gasteiger partial charge in [-0.2, -0.15) is 0 Å². The Labute approximate surface area is 93.7 Å². The van der Waals surface area contributed by atoms with Gasteiger partial charge in [-0.3, -0.25) is 4.79 Å². The fourth-order valence-corrected chi connectivity index (χ4v) is 2.68. The molecule has 0 aliphatic heterocycles. The summed E-state index contributed by atoms with van der Waals surface area (Å²) in [6.45, 7) is 2.46. The Morgan fingerprint density at radius 2 is 2.40 bits per heavy atom. The molecule has 1 aliphatic rings. The van der Waals surface area contributed by atoms with Crippen molar-refractivity contribution in [3.05, 3.63) is 17.0 Å². The third-order valence-corrected chi connectivity index (χ3v) is 4.20. The van der Waals surface area contributed by atoms with Crippen LogP contribution in [0.2, 0.25) is 0 Å². The molecule has 0 unspecified atom stereocenters. The van der Waals surface area contributed by atoms with Gasteiger partial charge in [0.15, 0.2) is 0 Å². The Hall–Kier alpha value is -0.870. The van der Waals surface area contributed by atoms with Gasteiger partial charge in [0.25, 0.3) is 0 Å². The minimum absolute atomic E-state index is 0.0989. The summed E-state index contributed by atoms with van der Waals surface area (Å²) in [7, 11) is 0. The Morgan fingerprint density at radius 1 is 1.67 bits per heavy atom. The van der Waals surface area contributed by atoms with Gasteiger partial charge in [-0.05, 0) is 36.8 Å². The van der Waals surface area contributed by atoms with Crippen LogP contribution in [-0.2, 0) is 4.79 Å². The maximum atomic E-state index is 12.0. The number of hydrogen-bond acceptors (Lipinski definition) is 3. The van der Waals surface area contributed by atoms with Crippen molar-refractivity contribution in [2.24, 2.45) is 11.1 Å². The van der Waals surface area contributed by atoms with Crippen LogP contribution in [0.4, 0.5) is 5.00 Å². The molecule has 1 amide bonds. The molecule has 15 heavy (non-hydrogen) atoms. The van der Waals surface area contributed by atoms with E-state index in [1.165, 1.54) is 0 Å². The topological polar surface area (TPSA) is 55.1 Å². The van der Waals surface area contributed by atoms with Crippen molar-refractivity contribution in [1.82, 2.24) is 0 Å². The molecule has 3 N–H and O–H groups in total. The van der Waals surface area contributed by atoms with Crippen LogP contribution in [0.5, 0.6) is 0 Å². The van der Waals surface area contributed by atoms with Crippen molar-refractivity contribution in [3.8, 4) is 0 Å². The first-order valence-electron chi connectivity index (χ1n) is 5.23. The number of amides is 1. The molecule has 1 saturated carbocycles. The van der Waals surface area contributed by atoms with Crippen LogP contribution in [0.1, 0.15) is 24.8 Å². The molecule has 1 heterocycles. The first-order valence-corrected chi connectivity index (χ1v) is 6.11. The average molecular weight is 224 g/mol. The number of aryl methyl sites for hydroxylation is 1. The van der Waals surface area contributed by atoms with Gasteiger partial charge >= 0.3 is 0 Å². The maximum absolute atomic E-state index is 12.0. The molecule has 3 nitrogen and oxygen atoms in total. The van der Waals surface area contributed by atoms with E-state index in [0.29, 0.717) is 6.54 Å². The highest BCUT2D eigenvalue weighted by Crippen LogP contribution is 2.41. The molecule has 0 bridgehead atoms. The van der Waals surface area contributed by atoms with Crippen LogP contribution in [-0.4, -0.2) is 12.5 Å². The van der Waals surface area contributed by atoms with E-state index < -0.39 is 0 Å². The molecule has 1 fully saturated rings. The monoisotopic (exact) mass is 224 g/mol. The first-order chi connectivity index (χ1) is 7.18. The zero-order chi connectivity index (χ0) is 10.9. The highest BCUT2D eigenvalue weighted by molar-refractivity contribution is 7.14. The van der Waals surface area contributed by atoms with E-state index in [9.17, 15) is 4.79 Å². The second-order valence-corrected chi connectivity index (χ2v) is 5.14. The van der Waals surface area contributed by atoms with Gasteiger partial charge in [0.05, 0.1) is 10.4 Å². The van der Waals surface area contributed by atoms with E-state index in [2.05, 4.69) is 5.32 Å². The summed E-state index contributed by atoms with van der Waals surface area (Å²) in [5.74, 6) is 0.0989. The molecular formula is C11H16N2OS. The van der Waals surface area contributed by atoms with Crippen molar-refractivity contribution in [2.45, 2.75) is 26.2 Å². The molecule has 1 aromatic heterocycles. The average Bonchev–Trinajstić information content (AvgIpc) is 2.51. The number of thiophene rings is 1. The van der Waals surface area contributed by atoms with Crippen LogP contribution >= 0.6 is 11.3 Å². The molecule has 0 aromatic carbocycles. The van der Waals surface area contributed by atoms with Gasteiger partial charge in [-0.1, -0.05) is 6.42 Å². The van der Waals surface area contributed by atoms with Crippen LogP contribution < -0.4 is 11.1 Å². The standard InChI is InChI=1S/C11H16N2OS/c1-8-3-6-15-9(8)13-10(14)11(7-12)4-2-5-11/h3,6H,2,4-5,7,12H2,1H3,(H,13,14). The molecule has 4 heteroatoms. The number of nitrogens with two attached hydrogens (primary N) is 1. The number of carbonyl (C=O) groups is 1. The van der Waals surface area contributed by atoms with Crippen molar-refractivity contribution < 1.29 is 4.79 Å². The second-order valence-electron chi connectivity index (χ2n) is 4.22. The van der Waals surface area contributed by atoms with E-state index in [1.54, 1.807) is 11.3 Å². The number of rotatable bonds is 3. The zero-order valence-electron chi connectivity index (χ0n) is 8.88. The van der Waals surface area contributed by atoms with Gasteiger partial charge < -0.3 is 11.1 Å². The highest BCUT2D eigenvalue weighted by atomic mass is 32.1. The van der Waals surface area contributed by atoms with E-state index in [1.807, 2.05) is 18.4 Å². The van der Waals surface area contributed by atoms with E-state index in [4.69, 9.17) is 5.73 Å². The fourth-order valence-electron chi connectivity index (χ4n) is 1.86. The molecule has 0 spiro atoms. The number of anilines is 1. The third-order valence-electron chi connectivity index (χ3n) is 3.27. The summed E-state index contributed by atoms with van der Waals surface area (Å²) in [4.78, 5) is 12.0. The summed E-state index contributed by atoms with van der Waals surface area (Å²) >= 11 is 1.57. The molecule has 0 saturated heterocycles. The number of hydrogen-bond donors (Lipinski definition) is 2. The van der Waals surface area contributed by atoms with Crippen LogP contribution in [0.25, 0.3) is 0 Å². The second kappa shape index (κ2) is 3.94. The SMILES string of the molecule is Cc1ccsc1NC(=O)C1(CN)CCC1. The van der Waals surface area contributed by atoms with Crippen molar-refractivity contribution in [1.29, 1.82) is 0 Å². The van der Waals surface area contributed by atoms with E-state index >= 15 is 0 Å². The summed E-state index contributed by atoms with van der Waals surface area (Å²) < 4.78 is 0. The van der Waals surface area contributed by atoms with Gasteiger partial charge in [-0.15, -0.1) is 11.3 Å². The fraction of sp³-hybridized carbons (Fsp3) is 0.545. The number of nitrogens with one attached hydrogen (secondary N) is 1. The smallest absolute Gasteiger partial charge is 0.232 e. The molecule has 0 atom stereocenters. The largest absolute Gasteiger partial charge is 0.329 e. The minimum Gasteiger partial charge on any atom is -0.329 e. The Bertz CT molecular complexity index is 363. The van der Waals surface area contributed by atoms with Crippen molar-refractivity contribution >= 4 is 22.2 Å². The summed E-state index contributed by atoms with van der Waals surface area (Å²) in [6.07, 6.45) is 2.98. The lowest BCUT2D eigenvalue weighted by atomic mass is 9.68. The minimum atomic E-state index is -0.281. The lowest BCUT2D eigenvalue weighted by Gasteiger charge is -2.38. The van der Waals surface area contributed by atoms with Gasteiger partial charge in [0.2, 0.25) is 5.91 Å². The lowest BCUT2D eigenvalue weighted by molar-refractivity contribution is -0.129. The molecular weight excluding hydrogens is 208 g/mol. The normalized spacial score (nSPS) is 18.3. The van der Waals surface area contributed by atoms with Gasteiger partial charge in [-0.25, -0.2) is 0 Å². The molecule has 0 radical (unpaired) electrons. The molecule has 2 rings (SSSR count). The van der Waals surface area contributed by atoms with Gasteiger partial charge in [0.1, 0.15) is 0 Å². The molecule has 82 valence electrons. The Balaban J connectivity index is 2.07. The van der Waals surface area contributed by atoms with Gasteiger partial charge in [0, 0.05) is 6.54 Å². The van der Waals surface area contributed by atoms with Crippen molar-refractivity contribution in [3.63, 3.8) is 0 Å². The quantitative estimate of drug-likeness (QED) is 0.826. The van der Waals surface area contributed by atoms with Crippen molar-refractivity contribution in [2.75, 3.05) is 11.9 Å². The predicted molar refractivity (Wildman–Crippen MR) is 63.0 cm³/mol. The third kappa shape index (κ3) is 1.79. The summed E-state index contributed by atoms with van der Waals surface area (Å²) in [6, 6.07) is 2.01. The summed E-state index contributed by atoms with van der Waals surface area (Å²) in [5, 5.41) is 5.93. The van der Waals surface area contributed by atoms with Crippen LogP contribution in [0, 0.1) is 12.3 Å². The Morgan fingerprint density at radius 3 is 2.80 bits per heavy atom. The predicted octanol–water partition coefficient (Wildman–Crippen LogP) is 2.12. The van der Waals surface area contributed by atoms with Crippen LogP contribution in [0.15, 0.2) is 11.4 Å². The molecule has 1 aromatic rings. The maximum Gasteiger partial charge on any atom is 0.232 e. The number of carbonyl (C=O) groups excluding carboxylic acids is 1. The van der Waals surface area contributed by atoms with E-state index in [-0.39, 0.29) is 11.3 Å². The molecule has 1 aliphatic carbocycles. The lowest BCUT2D eigenvalue weighted by Crippen LogP contribution is -2.47. The zero-order valence-corrected chi connectivity index (χ0v) is 9.69. The Kier molecular flexibility index (Phi) is 2.80. The first kappa shape index (κ1) is 10.6. The van der Waals surface area contributed by atoms with Crippen LogP contribution in [0.3, 0.4) is 0 Å². The highest BCUT2D eigenvalue weighted by Gasteiger charge is 2.42. The summed E-state index contributed by atoms with van der Waals surface area (Å²) in [5.41, 5.74) is 6.52.